The zero-order valence-corrected chi connectivity index (χ0v) is 11.9. The van der Waals surface area contributed by atoms with E-state index in [-0.39, 0.29) is 0 Å². The first-order valence-electron chi connectivity index (χ1n) is 6.46. The maximum absolute atomic E-state index is 5.61. The van der Waals surface area contributed by atoms with Crippen molar-refractivity contribution in [2.75, 3.05) is 13.2 Å². The van der Waals surface area contributed by atoms with Gasteiger partial charge in [-0.3, -0.25) is 0 Å². The molecule has 0 saturated carbocycles. The molecule has 0 spiro atoms. The van der Waals surface area contributed by atoms with Crippen LogP contribution >= 0.6 is 12.2 Å². The lowest BCUT2D eigenvalue weighted by atomic mass is 10.2. The quantitative estimate of drug-likeness (QED) is 0.627. The number of benzene rings is 2. The van der Waals surface area contributed by atoms with Gasteiger partial charge in [0.25, 0.3) is 0 Å². The molecule has 0 aliphatic rings. The zero-order valence-electron chi connectivity index (χ0n) is 11.1. The van der Waals surface area contributed by atoms with Gasteiger partial charge in [0, 0.05) is 12.0 Å². The van der Waals surface area contributed by atoms with Crippen molar-refractivity contribution in [3.05, 3.63) is 60.2 Å². The van der Waals surface area contributed by atoms with Crippen molar-refractivity contribution in [2.24, 2.45) is 5.73 Å². The van der Waals surface area contributed by atoms with E-state index in [1.807, 2.05) is 54.6 Å². The van der Waals surface area contributed by atoms with Gasteiger partial charge in [-0.25, -0.2) is 0 Å². The Bertz CT molecular complexity index is 540. The molecule has 20 heavy (non-hydrogen) atoms. The molecule has 2 N–H and O–H groups in total. The fourth-order valence-electron chi connectivity index (χ4n) is 1.67. The topological polar surface area (TPSA) is 44.5 Å². The molecule has 0 saturated heterocycles. The molecule has 0 radical (unpaired) electrons. The van der Waals surface area contributed by atoms with Gasteiger partial charge < -0.3 is 15.2 Å². The van der Waals surface area contributed by atoms with Crippen molar-refractivity contribution in [2.45, 2.75) is 6.42 Å². The second-order valence-corrected chi connectivity index (χ2v) is 4.69. The highest BCUT2D eigenvalue weighted by molar-refractivity contribution is 7.80. The summed E-state index contributed by atoms with van der Waals surface area (Å²) in [6.07, 6.45) is 0.825. The predicted octanol–water partition coefficient (Wildman–Crippen LogP) is 3.17. The van der Waals surface area contributed by atoms with Gasteiger partial charge in [-0.2, -0.15) is 0 Å². The predicted molar refractivity (Wildman–Crippen MR) is 84.4 cm³/mol. The Morgan fingerprint density at radius 2 is 1.40 bits per heavy atom. The first kappa shape index (κ1) is 14.3. The van der Waals surface area contributed by atoms with E-state index >= 15 is 0 Å². The standard InChI is InChI=1S/C16H17NO2S/c17-16(20)13-7-9-15(10-8-13)19-12-4-11-18-14-5-2-1-3-6-14/h1-3,5-10H,4,11-12H2,(H2,17,20). The molecule has 0 aliphatic heterocycles. The maximum atomic E-state index is 5.61. The molecular formula is C16H17NO2S. The number of nitrogens with two attached hydrogens (primary N) is 1. The minimum absolute atomic E-state index is 0.396. The van der Waals surface area contributed by atoms with Crippen LogP contribution in [-0.2, 0) is 0 Å². The molecule has 0 bridgehead atoms. The number of hydrogen-bond acceptors (Lipinski definition) is 3. The van der Waals surface area contributed by atoms with Crippen molar-refractivity contribution in [1.82, 2.24) is 0 Å². The smallest absolute Gasteiger partial charge is 0.119 e. The Morgan fingerprint density at radius 1 is 0.850 bits per heavy atom. The lowest BCUT2D eigenvalue weighted by Crippen LogP contribution is -2.09. The minimum Gasteiger partial charge on any atom is -0.493 e. The number of rotatable bonds is 7. The summed E-state index contributed by atoms with van der Waals surface area (Å²) in [4.78, 5) is 0.396. The zero-order chi connectivity index (χ0) is 14.2. The van der Waals surface area contributed by atoms with E-state index < -0.39 is 0 Å². The van der Waals surface area contributed by atoms with Gasteiger partial charge in [0.15, 0.2) is 0 Å². The van der Waals surface area contributed by atoms with Crippen LogP contribution in [0.4, 0.5) is 0 Å². The first-order chi connectivity index (χ1) is 9.75. The summed E-state index contributed by atoms with van der Waals surface area (Å²) in [6.45, 7) is 1.24. The largest absolute Gasteiger partial charge is 0.493 e. The van der Waals surface area contributed by atoms with Crippen LogP contribution in [0.15, 0.2) is 54.6 Å². The van der Waals surface area contributed by atoms with E-state index in [1.54, 1.807) is 0 Å². The summed E-state index contributed by atoms with van der Waals surface area (Å²) in [7, 11) is 0. The fraction of sp³-hybridized carbons (Fsp3) is 0.188. The third-order valence-corrected chi connectivity index (χ3v) is 2.94. The van der Waals surface area contributed by atoms with Gasteiger partial charge in [0.05, 0.1) is 13.2 Å². The summed E-state index contributed by atoms with van der Waals surface area (Å²) >= 11 is 4.89. The number of hydrogen-bond donors (Lipinski definition) is 1. The Hall–Kier alpha value is -2.07. The average molecular weight is 287 g/mol. The van der Waals surface area contributed by atoms with Gasteiger partial charge in [-0.1, -0.05) is 30.4 Å². The Kier molecular flexibility index (Phi) is 5.38. The van der Waals surface area contributed by atoms with E-state index in [2.05, 4.69) is 0 Å². The van der Waals surface area contributed by atoms with Crippen LogP contribution < -0.4 is 15.2 Å². The van der Waals surface area contributed by atoms with Crippen LogP contribution in [0.5, 0.6) is 11.5 Å². The van der Waals surface area contributed by atoms with Crippen LogP contribution in [0.1, 0.15) is 12.0 Å². The minimum atomic E-state index is 0.396. The maximum Gasteiger partial charge on any atom is 0.119 e. The van der Waals surface area contributed by atoms with Crippen LogP contribution in [0.25, 0.3) is 0 Å². The van der Waals surface area contributed by atoms with Crippen molar-refractivity contribution >= 4 is 17.2 Å². The van der Waals surface area contributed by atoms with Crippen molar-refractivity contribution < 1.29 is 9.47 Å². The Balaban J connectivity index is 1.67. The van der Waals surface area contributed by atoms with Gasteiger partial charge in [-0.05, 0) is 36.4 Å². The summed E-state index contributed by atoms with van der Waals surface area (Å²) in [5, 5.41) is 0. The second kappa shape index (κ2) is 7.50. The molecule has 0 unspecified atom stereocenters. The number of thiocarbonyl (C=S) groups is 1. The van der Waals surface area contributed by atoms with Gasteiger partial charge in [-0.15, -0.1) is 0 Å². The number of para-hydroxylation sites is 1. The van der Waals surface area contributed by atoms with Crippen molar-refractivity contribution in [3.63, 3.8) is 0 Å². The lowest BCUT2D eigenvalue weighted by Gasteiger charge is -2.08. The molecule has 0 fully saturated rings. The molecule has 0 heterocycles. The molecular weight excluding hydrogens is 270 g/mol. The Labute approximate surface area is 124 Å². The molecule has 2 rings (SSSR count). The van der Waals surface area contributed by atoms with E-state index in [9.17, 15) is 0 Å². The van der Waals surface area contributed by atoms with Crippen molar-refractivity contribution in [1.29, 1.82) is 0 Å². The van der Waals surface area contributed by atoms with Gasteiger partial charge >= 0.3 is 0 Å². The molecule has 104 valence electrons. The summed E-state index contributed by atoms with van der Waals surface area (Å²) in [5.41, 5.74) is 6.38. The lowest BCUT2D eigenvalue weighted by molar-refractivity contribution is 0.247. The van der Waals surface area contributed by atoms with Crippen LogP contribution in [-0.4, -0.2) is 18.2 Å². The molecule has 0 aliphatic carbocycles. The van der Waals surface area contributed by atoms with E-state index in [0.29, 0.717) is 18.2 Å². The normalized spacial score (nSPS) is 10.0. The van der Waals surface area contributed by atoms with Crippen molar-refractivity contribution in [3.8, 4) is 11.5 Å². The molecule has 2 aromatic rings. The average Bonchev–Trinajstić information content (AvgIpc) is 2.48. The first-order valence-corrected chi connectivity index (χ1v) is 6.87. The summed E-state index contributed by atoms with van der Waals surface area (Å²) < 4.78 is 11.2. The molecule has 0 amide bonds. The molecule has 3 nitrogen and oxygen atoms in total. The highest BCUT2D eigenvalue weighted by Crippen LogP contribution is 2.13. The van der Waals surface area contributed by atoms with Gasteiger partial charge in [0.1, 0.15) is 16.5 Å². The fourth-order valence-corrected chi connectivity index (χ4v) is 1.81. The summed E-state index contributed by atoms with van der Waals surface area (Å²) in [6, 6.07) is 17.2. The second-order valence-electron chi connectivity index (χ2n) is 4.25. The third-order valence-electron chi connectivity index (χ3n) is 2.71. The molecule has 0 atom stereocenters. The van der Waals surface area contributed by atoms with E-state index in [1.165, 1.54) is 0 Å². The molecule has 0 aromatic heterocycles. The van der Waals surface area contributed by atoms with E-state index in [4.69, 9.17) is 27.4 Å². The van der Waals surface area contributed by atoms with E-state index in [0.717, 1.165) is 23.5 Å². The monoisotopic (exact) mass is 287 g/mol. The van der Waals surface area contributed by atoms with Gasteiger partial charge in [0.2, 0.25) is 0 Å². The van der Waals surface area contributed by atoms with Crippen LogP contribution in [0, 0.1) is 0 Å². The van der Waals surface area contributed by atoms with Crippen LogP contribution in [0.3, 0.4) is 0 Å². The third kappa shape index (κ3) is 4.55. The SMILES string of the molecule is NC(=S)c1ccc(OCCCOc2ccccc2)cc1. The highest BCUT2D eigenvalue weighted by atomic mass is 32.1. The Morgan fingerprint density at radius 3 is 1.95 bits per heavy atom. The molecule has 2 aromatic carbocycles. The summed E-state index contributed by atoms with van der Waals surface area (Å²) in [5.74, 6) is 1.69. The number of ether oxygens (including phenoxy) is 2. The highest BCUT2D eigenvalue weighted by Gasteiger charge is 1.98. The molecule has 4 heteroatoms. The van der Waals surface area contributed by atoms with Crippen LogP contribution in [0.2, 0.25) is 0 Å².